The van der Waals surface area contributed by atoms with E-state index in [1.165, 1.54) is 0 Å². The Bertz CT molecular complexity index is 388. The summed E-state index contributed by atoms with van der Waals surface area (Å²) < 4.78 is 15.5. The van der Waals surface area contributed by atoms with Gasteiger partial charge in [0.05, 0.1) is 33.5 Å². The van der Waals surface area contributed by atoms with E-state index in [1.807, 2.05) is 0 Å². The van der Waals surface area contributed by atoms with Gasteiger partial charge >= 0.3 is 0 Å². The van der Waals surface area contributed by atoms with Crippen molar-refractivity contribution < 1.29 is 14.2 Å². The van der Waals surface area contributed by atoms with Crippen LogP contribution in [-0.2, 0) is 4.74 Å². The molecule has 0 aliphatic carbocycles. The van der Waals surface area contributed by atoms with Crippen molar-refractivity contribution in [3.05, 3.63) is 6.07 Å². The van der Waals surface area contributed by atoms with Gasteiger partial charge in [-0.2, -0.15) is 9.97 Å². The van der Waals surface area contributed by atoms with Crippen LogP contribution in [0.5, 0.6) is 11.8 Å². The van der Waals surface area contributed by atoms with E-state index in [0.717, 1.165) is 45.8 Å². The van der Waals surface area contributed by atoms with Gasteiger partial charge in [-0.3, -0.25) is 4.90 Å². The van der Waals surface area contributed by atoms with Crippen LogP contribution in [0.3, 0.4) is 0 Å². The van der Waals surface area contributed by atoms with Gasteiger partial charge in [0, 0.05) is 19.6 Å². The van der Waals surface area contributed by atoms with Gasteiger partial charge in [-0.05, 0) is 13.0 Å². The molecule has 0 unspecified atom stereocenters. The summed E-state index contributed by atoms with van der Waals surface area (Å²) in [6, 6.07) is 1.65. The first kappa shape index (κ1) is 14.8. The molecule has 7 heteroatoms. The van der Waals surface area contributed by atoms with Crippen molar-refractivity contribution in [3.8, 4) is 11.8 Å². The normalized spacial score (nSPS) is 15.9. The van der Waals surface area contributed by atoms with Crippen molar-refractivity contribution in [2.75, 3.05) is 58.9 Å². The Morgan fingerprint density at radius 3 is 2.45 bits per heavy atom. The lowest BCUT2D eigenvalue weighted by molar-refractivity contribution is 0.0378. The topological polar surface area (TPSA) is 68.7 Å². The second-order valence-corrected chi connectivity index (χ2v) is 4.51. The first-order chi connectivity index (χ1) is 9.81. The van der Waals surface area contributed by atoms with Gasteiger partial charge in [0.1, 0.15) is 0 Å². The Kier molecular flexibility index (Phi) is 5.82. The number of rotatable bonds is 7. The molecule has 1 aromatic rings. The van der Waals surface area contributed by atoms with Gasteiger partial charge in [0.15, 0.2) is 0 Å². The minimum absolute atomic E-state index is 0.493. The van der Waals surface area contributed by atoms with Crippen LogP contribution in [-0.4, -0.2) is 68.5 Å². The van der Waals surface area contributed by atoms with Crippen LogP contribution in [0.1, 0.15) is 6.42 Å². The molecule has 112 valence electrons. The second-order valence-electron chi connectivity index (χ2n) is 4.51. The van der Waals surface area contributed by atoms with Crippen LogP contribution in [0, 0.1) is 0 Å². The number of hydrogen-bond acceptors (Lipinski definition) is 7. The number of hydrogen-bond donors (Lipinski definition) is 1. The highest BCUT2D eigenvalue weighted by molar-refractivity contribution is 5.33. The smallest absolute Gasteiger partial charge is 0.229 e. The zero-order valence-corrected chi connectivity index (χ0v) is 12.1. The van der Waals surface area contributed by atoms with E-state index in [2.05, 4.69) is 20.2 Å². The summed E-state index contributed by atoms with van der Waals surface area (Å²) in [5.74, 6) is 1.52. The number of nitrogens with zero attached hydrogens (tertiary/aromatic N) is 3. The highest BCUT2D eigenvalue weighted by atomic mass is 16.5. The van der Waals surface area contributed by atoms with Gasteiger partial charge in [0.2, 0.25) is 17.7 Å². The third-order valence-corrected chi connectivity index (χ3v) is 3.14. The molecular weight excluding hydrogens is 260 g/mol. The van der Waals surface area contributed by atoms with Crippen molar-refractivity contribution in [2.24, 2.45) is 0 Å². The molecule has 1 aromatic heterocycles. The maximum atomic E-state index is 5.32. The molecule has 20 heavy (non-hydrogen) atoms. The number of nitrogens with one attached hydrogen (secondary N) is 1. The fourth-order valence-corrected chi connectivity index (χ4v) is 2.02. The fraction of sp³-hybridized carbons (Fsp3) is 0.692. The van der Waals surface area contributed by atoms with E-state index >= 15 is 0 Å². The third kappa shape index (κ3) is 4.50. The van der Waals surface area contributed by atoms with Crippen molar-refractivity contribution in [1.29, 1.82) is 0 Å². The summed E-state index contributed by atoms with van der Waals surface area (Å²) in [5.41, 5.74) is 0. The van der Waals surface area contributed by atoms with Crippen molar-refractivity contribution in [1.82, 2.24) is 14.9 Å². The van der Waals surface area contributed by atoms with Crippen LogP contribution in [0.4, 0.5) is 5.95 Å². The van der Waals surface area contributed by atoms with Crippen molar-refractivity contribution >= 4 is 5.95 Å². The lowest BCUT2D eigenvalue weighted by Crippen LogP contribution is -2.37. The molecule has 1 aliphatic rings. The number of aromatic nitrogens is 2. The van der Waals surface area contributed by atoms with Crippen molar-refractivity contribution in [2.45, 2.75) is 6.42 Å². The molecule has 0 spiro atoms. The monoisotopic (exact) mass is 282 g/mol. The van der Waals surface area contributed by atoms with Crippen LogP contribution < -0.4 is 14.8 Å². The Morgan fingerprint density at radius 1 is 1.20 bits per heavy atom. The largest absolute Gasteiger partial charge is 0.481 e. The van der Waals surface area contributed by atoms with Gasteiger partial charge < -0.3 is 19.5 Å². The Balaban J connectivity index is 1.75. The number of morpholine rings is 1. The first-order valence-electron chi connectivity index (χ1n) is 6.83. The second kappa shape index (κ2) is 7.86. The summed E-state index contributed by atoms with van der Waals surface area (Å²) in [6.07, 6.45) is 1.03. The zero-order chi connectivity index (χ0) is 14.2. The number of methoxy groups -OCH3 is 2. The first-order valence-corrected chi connectivity index (χ1v) is 6.83. The molecule has 2 heterocycles. The molecular formula is C13H22N4O3. The van der Waals surface area contributed by atoms with Gasteiger partial charge in [-0.25, -0.2) is 0 Å². The van der Waals surface area contributed by atoms with E-state index in [1.54, 1.807) is 20.3 Å². The van der Waals surface area contributed by atoms with Crippen LogP contribution >= 0.6 is 0 Å². The SMILES string of the molecule is COc1cc(OC)nc(NCCCN2CCOCC2)n1. The van der Waals surface area contributed by atoms with E-state index in [9.17, 15) is 0 Å². The molecule has 0 aromatic carbocycles. The maximum absolute atomic E-state index is 5.32. The highest BCUT2D eigenvalue weighted by Gasteiger charge is 2.09. The average Bonchev–Trinajstić information content (AvgIpc) is 2.52. The molecule has 0 saturated carbocycles. The molecule has 2 rings (SSSR count). The van der Waals surface area contributed by atoms with E-state index in [4.69, 9.17) is 14.2 Å². The lowest BCUT2D eigenvalue weighted by atomic mass is 10.3. The van der Waals surface area contributed by atoms with E-state index in [-0.39, 0.29) is 0 Å². The molecule has 0 bridgehead atoms. The standard InChI is InChI=1S/C13H22N4O3/c1-18-11-10-12(19-2)16-13(15-11)14-4-3-5-17-6-8-20-9-7-17/h10H,3-9H2,1-2H3,(H,14,15,16). The third-order valence-electron chi connectivity index (χ3n) is 3.14. The molecule has 0 atom stereocenters. The molecule has 7 nitrogen and oxygen atoms in total. The summed E-state index contributed by atoms with van der Waals surface area (Å²) in [6.45, 7) is 5.57. The maximum Gasteiger partial charge on any atom is 0.229 e. The number of anilines is 1. The molecule has 0 radical (unpaired) electrons. The van der Waals surface area contributed by atoms with E-state index < -0.39 is 0 Å². The zero-order valence-electron chi connectivity index (χ0n) is 12.1. The van der Waals surface area contributed by atoms with Crippen LogP contribution in [0.25, 0.3) is 0 Å². The minimum Gasteiger partial charge on any atom is -0.481 e. The van der Waals surface area contributed by atoms with Gasteiger partial charge in [-0.1, -0.05) is 0 Å². The Hall–Kier alpha value is -1.60. The molecule has 1 fully saturated rings. The Labute approximate surface area is 119 Å². The van der Waals surface area contributed by atoms with Crippen LogP contribution in [0.2, 0.25) is 0 Å². The van der Waals surface area contributed by atoms with Gasteiger partial charge in [-0.15, -0.1) is 0 Å². The van der Waals surface area contributed by atoms with Crippen molar-refractivity contribution in [3.63, 3.8) is 0 Å². The molecule has 1 N–H and O–H groups in total. The highest BCUT2D eigenvalue weighted by Crippen LogP contribution is 2.17. The molecule has 1 saturated heterocycles. The predicted octanol–water partition coefficient (Wildman–Crippen LogP) is 0.628. The van der Waals surface area contributed by atoms with Crippen LogP contribution in [0.15, 0.2) is 6.07 Å². The summed E-state index contributed by atoms with van der Waals surface area (Å²) in [7, 11) is 3.15. The molecule has 0 amide bonds. The van der Waals surface area contributed by atoms with E-state index in [0.29, 0.717) is 17.7 Å². The minimum atomic E-state index is 0.493. The lowest BCUT2D eigenvalue weighted by Gasteiger charge is -2.26. The summed E-state index contributed by atoms with van der Waals surface area (Å²) >= 11 is 0. The number of ether oxygens (including phenoxy) is 3. The quantitative estimate of drug-likeness (QED) is 0.735. The summed E-state index contributed by atoms with van der Waals surface area (Å²) in [5, 5.41) is 3.19. The average molecular weight is 282 g/mol. The van der Waals surface area contributed by atoms with Gasteiger partial charge in [0.25, 0.3) is 0 Å². The predicted molar refractivity (Wildman–Crippen MR) is 75.5 cm³/mol. The molecule has 1 aliphatic heterocycles. The Morgan fingerprint density at radius 2 is 1.85 bits per heavy atom. The summed E-state index contributed by atoms with van der Waals surface area (Å²) in [4.78, 5) is 10.9. The fourth-order valence-electron chi connectivity index (χ4n) is 2.02.